The van der Waals surface area contributed by atoms with Crippen LogP contribution in [-0.4, -0.2) is 17.0 Å². The Hall–Kier alpha value is -1.26. The second-order valence-electron chi connectivity index (χ2n) is 4.10. The van der Waals surface area contributed by atoms with Gasteiger partial charge in [0.15, 0.2) is 0 Å². The first-order chi connectivity index (χ1) is 8.20. The van der Waals surface area contributed by atoms with Crippen molar-refractivity contribution in [3.8, 4) is 0 Å². The minimum Gasteiger partial charge on any atom is -0.312 e. The van der Waals surface area contributed by atoms with Crippen LogP contribution in [0, 0.1) is 6.92 Å². The van der Waals surface area contributed by atoms with Gasteiger partial charge in [-0.15, -0.1) is 11.3 Å². The van der Waals surface area contributed by atoms with E-state index < -0.39 is 0 Å². The van der Waals surface area contributed by atoms with E-state index in [0.717, 1.165) is 12.1 Å². The Morgan fingerprint density at radius 3 is 2.71 bits per heavy atom. The molecule has 0 aliphatic heterocycles. The van der Waals surface area contributed by atoms with Crippen LogP contribution < -0.4 is 5.32 Å². The first kappa shape index (κ1) is 12.2. The van der Waals surface area contributed by atoms with Crippen LogP contribution in [0.25, 0.3) is 0 Å². The zero-order valence-electron chi connectivity index (χ0n) is 10.4. The van der Waals surface area contributed by atoms with Crippen LogP contribution in [-0.2, 0) is 6.42 Å². The third-order valence-electron chi connectivity index (χ3n) is 2.81. The Kier molecular flexibility index (Phi) is 3.86. The number of hydrogen-bond donors (Lipinski definition) is 1. The van der Waals surface area contributed by atoms with E-state index in [1.54, 1.807) is 11.3 Å². The number of aromatic nitrogens is 2. The number of thiazole rings is 1. The molecule has 0 bridgehead atoms. The van der Waals surface area contributed by atoms with E-state index in [1.165, 1.54) is 15.4 Å². The summed E-state index contributed by atoms with van der Waals surface area (Å²) >= 11 is 1.79. The molecule has 4 heteroatoms. The van der Waals surface area contributed by atoms with E-state index in [1.807, 2.05) is 31.6 Å². The molecule has 1 N–H and O–H groups in total. The normalized spacial score (nSPS) is 12.6. The van der Waals surface area contributed by atoms with Crippen molar-refractivity contribution in [3.63, 3.8) is 0 Å². The Balaban J connectivity index is 2.18. The maximum Gasteiger partial charge on any atom is 0.0975 e. The lowest BCUT2D eigenvalue weighted by molar-refractivity contribution is 0.658. The second-order valence-corrected chi connectivity index (χ2v) is 5.22. The van der Waals surface area contributed by atoms with Crippen molar-refractivity contribution in [1.29, 1.82) is 0 Å². The number of pyridine rings is 1. The predicted molar refractivity (Wildman–Crippen MR) is 71.4 cm³/mol. The lowest BCUT2D eigenvalue weighted by Crippen LogP contribution is -2.11. The van der Waals surface area contributed by atoms with Gasteiger partial charge in [0.25, 0.3) is 0 Å². The highest BCUT2D eigenvalue weighted by atomic mass is 32.1. The van der Waals surface area contributed by atoms with E-state index >= 15 is 0 Å². The quantitative estimate of drug-likeness (QED) is 0.902. The summed E-state index contributed by atoms with van der Waals surface area (Å²) < 4.78 is 0. The molecule has 0 saturated heterocycles. The summed E-state index contributed by atoms with van der Waals surface area (Å²) in [7, 11) is 1.98. The molecule has 0 radical (unpaired) electrons. The first-order valence-corrected chi connectivity index (χ1v) is 6.54. The maximum absolute atomic E-state index is 4.63. The summed E-state index contributed by atoms with van der Waals surface area (Å²) in [6.07, 6.45) is 4.55. The smallest absolute Gasteiger partial charge is 0.0975 e. The lowest BCUT2D eigenvalue weighted by atomic mass is 10.2. The highest BCUT2D eigenvalue weighted by Gasteiger charge is 2.12. The van der Waals surface area contributed by atoms with E-state index in [0.29, 0.717) is 6.04 Å². The van der Waals surface area contributed by atoms with Crippen molar-refractivity contribution >= 4 is 11.3 Å². The molecular weight excluding hydrogens is 230 g/mol. The summed E-state index contributed by atoms with van der Waals surface area (Å²) in [5.74, 6) is 0. The van der Waals surface area contributed by atoms with Gasteiger partial charge in [-0.25, -0.2) is 4.98 Å². The summed E-state index contributed by atoms with van der Waals surface area (Å²) in [6.45, 7) is 4.24. The molecule has 0 aliphatic carbocycles. The number of hydrogen-bond acceptors (Lipinski definition) is 4. The number of nitrogens with zero attached hydrogens (tertiary/aromatic N) is 2. The molecule has 0 saturated carbocycles. The van der Waals surface area contributed by atoms with Crippen LogP contribution in [0.2, 0.25) is 0 Å². The van der Waals surface area contributed by atoms with Crippen molar-refractivity contribution in [1.82, 2.24) is 15.3 Å². The predicted octanol–water partition coefficient (Wildman–Crippen LogP) is 2.72. The average molecular weight is 247 g/mol. The van der Waals surface area contributed by atoms with Gasteiger partial charge in [0.1, 0.15) is 0 Å². The molecule has 0 amide bonds. The van der Waals surface area contributed by atoms with Crippen molar-refractivity contribution in [2.24, 2.45) is 0 Å². The third-order valence-corrected chi connectivity index (χ3v) is 4.15. The molecule has 1 unspecified atom stereocenters. The summed E-state index contributed by atoms with van der Waals surface area (Å²) in [4.78, 5) is 9.99. The zero-order chi connectivity index (χ0) is 12.3. The van der Waals surface area contributed by atoms with Gasteiger partial charge < -0.3 is 5.32 Å². The SMILES string of the molecule is CNC(C)c1sc(Cc2ccncc2)nc1C. The van der Waals surface area contributed by atoms with Crippen LogP contribution in [0.3, 0.4) is 0 Å². The highest BCUT2D eigenvalue weighted by molar-refractivity contribution is 7.11. The fraction of sp³-hybridized carbons (Fsp3) is 0.385. The van der Waals surface area contributed by atoms with Crippen LogP contribution >= 0.6 is 11.3 Å². The van der Waals surface area contributed by atoms with Crippen LogP contribution in [0.15, 0.2) is 24.5 Å². The van der Waals surface area contributed by atoms with Crippen LogP contribution in [0.5, 0.6) is 0 Å². The van der Waals surface area contributed by atoms with Gasteiger partial charge in [-0.3, -0.25) is 4.98 Å². The Morgan fingerprint density at radius 2 is 2.06 bits per heavy atom. The summed E-state index contributed by atoms with van der Waals surface area (Å²) in [6, 6.07) is 4.45. The van der Waals surface area contributed by atoms with Gasteiger partial charge in [0.05, 0.1) is 10.7 Å². The lowest BCUT2D eigenvalue weighted by Gasteiger charge is -2.06. The van der Waals surface area contributed by atoms with E-state index in [-0.39, 0.29) is 0 Å². The summed E-state index contributed by atoms with van der Waals surface area (Å²) in [5, 5.41) is 4.43. The Labute approximate surface area is 106 Å². The molecule has 2 aromatic rings. The molecule has 1 atom stereocenters. The molecular formula is C13H17N3S. The van der Waals surface area contributed by atoms with Crippen molar-refractivity contribution in [2.75, 3.05) is 7.05 Å². The third kappa shape index (κ3) is 2.90. The molecule has 0 aromatic carbocycles. The standard InChI is InChI=1S/C13H17N3S/c1-9(14-3)13-10(2)16-12(17-13)8-11-4-6-15-7-5-11/h4-7,9,14H,8H2,1-3H3. The molecule has 17 heavy (non-hydrogen) atoms. The van der Waals surface area contributed by atoms with Gasteiger partial charge >= 0.3 is 0 Å². The molecule has 2 rings (SSSR count). The van der Waals surface area contributed by atoms with E-state index in [9.17, 15) is 0 Å². The Bertz CT molecular complexity index is 479. The average Bonchev–Trinajstić information content (AvgIpc) is 2.70. The van der Waals surface area contributed by atoms with Gasteiger partial charge in [-0.1, -0.05) is 0 Å². The monoisotopic (exact) mass is 247 g/mol. The minimum atomic E-state index is 0.374. The fourth-order valence-corrected chi connectivity index (χ4v) is 2.91. The van der Waals surface area contributed by atoms with E-state index in [2.05, 4.69) is 29.1 Å². The number of nitrogens with one attached hydrogen (secondary N) is 1. The largest absolute Gasteiger partial charge is 0.312 e. The first-order valence-electron chi connectivity index (χ1n) is 5.73. The zero-order valence-corrected chi connectivity index (χ0v) is 11.2. The second kappa shape index (κ2) is 5.38. The van der Waals surface area contributed by atoms with Crippen molar-refractivity contribution in [3.05, 3.63) is 45.7 Å². The topological polar surface area (TPSA) is 37.8 Å². The maximum atomic E-state index is 4.63. The number of rotatable bonds is 4. The van der Waals surface area contributed by atoms with Crippen LogP contribution in [0.1, 0.15) is 34.1 Å². The van der Waals surface area contributed by atoms with Crippen molar-refractivity contribution in [2.45, 2.75) is 26.3 Å². The molecule has 0 aliphatic rings. The molecule has 0 fully saturated rings. The van der Waals surface area contributed by atoms with Gasteiger partial charge in [-0.2, -0.15) is 0 Å². The summed E-state index contributed by atoms with van der Waals surface area (Å²) in [5.41, 5.74) is 2.40. The molecule has 0 spiro atoms. The Morgan fingerprint density at radius 1 is 1.35 bits per heavy atom. The van der Waals surface area contributed by atoms with Gasteiger partial charge in [-0.05, 0) is 38.6 Å². The number of aryl methyl sites for hydroxylation is 1. The minimum absolute atomic E-state index is 0.374. The highest BCUT2D eigenvalue weighted by Crippen LogP contribution is 2.26. The van der Waals surface area contributed by atoms with Gasteiger partial charge in [0.2, 0.25) is 0 Å². The van der Waals surface area contributed by atoms with Crippen molar-refractivity contribution < 1.29 is 0 Å². The molecule has 2 heterocycles. The van der Waals surface area contributed by atoms with Crippen LogP contribution in [0.4, 0.5) is 0 Å². The van der Waals surface area contributed by atoms with Gasteiger partial charge in [0, 0.05) is 29.7 Å². The molecule has 90 valence electrons. The fourth-order valence-electron chi connectivity index (χ4n) is 1.75. The van der Waals surface area contributed by atoms with E-state index in [4.69, 9.17) is 0 Å². The molecule has 3 nitrogen and oxygen atoms in total. The molecule has 2 aromatic heterocycles.